The van der Waals surface area contributed by atoms with Gasteiger partial charge < -0.3 is 4.98 Å². The number of H-pyrrole nitrogens is 1. The van der Waals surface area contributed by atoms with Crippen LogP contribution in [0.5, 0.6) is 0 Å². The average Bonchev–Trinajstić information content (AvgIpc) is 2.72. The lowest BCUT2D eigenvalue weighted by atomic mass is 10.3. The maximum atomic E-state index is 4.34. The zero-order valence-corrected chi connectivity index (χ0v) is 9.04. The summed E-state index contributed by atoms with van der Waals surface area (Å²) in [6.07, 6.45) is 4.18. The van der Waals surface area contributed by atoms with Crippen LogP contribution in [0, 0.1) is 6.92 Å². The van der Waals surface area contributed by atoms with Crippen molar-refractivity contribution < 1.29 is 4.57 Å². The molecule has 2 heterocycles. The van der Waals surface area contributed by atoms with Gasteiger partial charge in [0.05, 0.1) is 13.6 Å². The maximum absolute atomic E-state index is 4.34. The Hall–Kier alpha value is -1.32. The molecule has 0 saturated carbocycles. The minimum atomic E-state index is 1.06. The van der Waals surface area contributed by atoms with Gasteiger partial charge in [0.1, 0.15) is 0 Å². The Morgan fingerprint density at radius 1 is 1.57 bits per heavy atom. The van der Waals surface area contributed by atoms with Crippen molar-refractivity contribution in [2.75, 3.05) is 0 Å². The van der Waals surface area contributed by atoms with E-state index in [4.69, 9.17) is 0 Å². The van der Waals surface area contributed by atoms with Crippen LogP contribution in [0.25, 0.3) is 11.3 Å². The lowest BCUT2D eigenvalue weighted by molar-refractivity contribution is -0.680. The molecule has 2 aromatic rings. The lowest BCUT2D eigenvalue weighted by Crippen LogP contribution is -2.36. The van der Waals surface area contributed by atoms with E-state index in [9.17, 15) is 0 Å². The van der Waals surface area contributed by atoms with E-state index >= 15 is 0 Å². The van der Waals surface area contributed by atoms with Crippen molar-refractivity contribution in [3.63, 3.8) is 0 Å². The third kappa shape index (κ3) is 1.22. The van der Waals surface area contributed by atoms with E-state index in [1.165, 1.54) is 18.7 Å². The van der Waals surface area contributed by atoms with Gasteiger partial charge in [-0.2, -0.15) is 0 Å². The SMILES string of the molecule is CCCC[n+]1c(C)n(C)c2[nH]cnc21. The second kappa shape index (κ2) is 3.44. The summed E-state index contributed by atoms with van der Waals surface area (Å²) < 4.78 is 4.42. The Morgan fingerprint density at radius 3 is 3.07 bits per heavy atom. The van der Waals surface area contributed by atoms with Crippen LogP contribution in [0.15, 0.2) is 6.33 Å². The van der Waals surface area contributed by atoms with Crippen molar-refractivity contribution in [3.05, 3.63) is 12.2 Å². The van der Waals surface area contributed by atoms with E-state index in [0.29, 0.717) is 0 Å². The number of rotatable bonds is 3. The third-order valence-corrected chi connectivity index (χ3v) is 2.80. The van der Waals surface area contributed by atoms with Gasteiger partial charge >= 0.3 is 5.65 Å². The normalized spacial score (nSPS) is 11.4. The molecule has 0 unspecified atom stereocenters. The van der Waals surface area contributed by atoms with Crippen molar-refractivity contribution in [2.45, 2.75) is 33.2 Å². The molecule has 0 aliphatic rings. The Kier molecular flexibility index (Phi) is 2.27. The zero-order valence-electron chi connectivity index (χ0n) is 9.04. The van der Waals surface area contributed by atoms with Gasteiger partial charge in [0.2, 0.25) is 11.5 Å². The number of aromatic amines is 1. The van der Waals surface area contributed by atoms with E-state index in [1.807, 2.05) is 0 Å². The fourth-order valence-electron chi connectivity index (χ4n) is 1.80. The number of aromatic nitrogens is 4. The van der Waals surface area contributed by atoms with Crippen molar-refractivity contribution in [3.8, 4) is 0 Å². The number of imidazole rings is 2. The van der Waals surface area contributed by atoms with Gasteiger partial charge in [-0.05, 0) is 6.42 Å². The highest BCUT2D eigenvalue weighted by Crippen LogP contribution is 2.07. The smallest absolute Gasteiger partial charge is 0.300 e. The molecule has 0 atom stereocenters. The van der Waals surface area contributed by atoms with Crippen molar-refractivity contribution in [2.24, 2.45) is 7.05 Å². The standard InChI is InChI=1S/C10H17N4/c1-4-5-6-14-8(2)13(3)9-10(14)12-7-11-9/h7H,4-6H2,1-3H3,(H,11,12)/q+1. The summed E-state index contributed by atoms with van der Waals surface area (Å²) in [5.41, 5.74) is 2.18. The molecule has 0 fully saturated rings. The molecule has 4 nitrogen and oxygen atoms in total. The Bertz CT molecular complexity index is 438. The minimum absolute atomic E-state index is 1.06. The number of nitrogens with zero attached hydrogens (tertiary/aromatic N) is 3. The van der Waals surface area contributed by atoms with Crippen LogP contribution >= 0.6 is 0 Å². The van der Waals surface area contributed by atoms with Gasteiger partial charge in [-0.25, -0.2) is 9.13 Å². The second-order valence-electron chi connectivity index (χ2n) is 3.69. The molecular formula is C10H17N4+. The number of fused-ring (bicyclic) bond motifs is 1. The first-order chi connectivity index (χ1) is 6.75. The molecule has 2 aromatic heterocycles. The summed E-state index contributed by atoms with van der Waals surface area (Å²) in [5, 5.41) is 0. The van der Waals surface area contributed by atoms with Crippen LogP contribution in [0.2, 0.25) is 0 Å². The van der Waals surface area contributed by atoms with Crippen molar-refractivity contribution >= 4 is 11.3 Å². The Balaban J connectivity index is 2.50. The third-order valence-electron chi connectivity index (χ3n) is 2.80. The highest BCUT2D eigenvalue weighted by molar-refractivity contribution is 5.62. The largest absolute Gasteiger partial charge is 0.321 e. The fraction of sp³-hybridized carbons (Fsp3) is 0.600. The molecule has 0 aromatic carbocycles. The highest BCUT2D eigenvalue weighted by atomic mass is 15.2. The van der Waals surface area contributed by atoms with Gasteiger partial charge in [-0.1, -0.05) is 18.3 Å². The minimum Gasteiger partial charge on any atom is -0.300 e. The topological polar surface area (TPSA) is 37.5 Å². The molecule has 76 valence electrons. The molecule has 0 spiro atoms. The van der Waals surface area contributed by atoms with E-state index in [1.54, 1.807) is 6.33 Å². The number of unbranched alkanes of at least 4 members (excludes halogenated alkanes) is 1. The van der Waals surface area contributed by atoms with E-state index in [0.717, 1.165) is 17.8 Å². The van der Waals surface area contributed by atoms with E-state index in [2.05, 4.69) is 40.0 Å². The maximum Gasteiger partial charge on any atom is 0.321 e. The van der Waals surface area contributed by atoms with Crippen LogP contribution in [0.3, 0.4) is 0 Å². The van der Waals surface area contributed by atoms with Crippen LogP contribution in [0.4, 0.5) is 0 Å². The molecule has 0 aliphatic heterocycles. The van der Waals surface area contributed by atoms with Gasteiger partial charge in [0.25, 0.3) is 0 Å². The first kappa shape index (κ1) is 9.24. The molecule has 0 saturated heterocycles. The lowest BCUT2D eigenvalue weighted by Gasteiger charge is -1.98. The predicted molar refractivity (Wildman–Crippen MR) is 54.9 cm³/mol. The Morgan fingerprint density at radius 2 is 2.36 bits per heavy atom. The monoisotopic (exact) mass is 193 g/mol. The average molecular weight is 193 g/mol. The molecule has 1 N–H and O–H groups in total. The summed E-state index contributed by atoms with van der Waals surface area (Å²) in [4.78, 5) is 7.50. The molecule has 2 rings (SSSR count). The molecule has 0 amide bonds. The predicted octanol–water partition coefficient (Wildman–Crippen LogP) is 1.30. The quantitative estimate of drug-likeness (QED) is 0.733. The molecular weight excluding hydrogens is 176 g/mol. The second-order valence-corrected chi connectivity index (χ2v) is 3.69. The van der Waals surface area contributed by atoms with Crippen LogP contribution in [-0.4, -0.2) is 14.5 Å². The number of nitrogens with one attached hydrogen (secondary N) is 1. The Labute approximate surface area is 83.6 Å². The summed E-state index contributed by atoms with van der Waals surface area (Å²) >= 11 is 0. The van der Waals surface area contributed by atoms with Crippen molar-refractivity contribution in [1.29, 1.82) is 0 Å². The zero-order chi connectivity index (χ0) is 10.1. The first-order valence-electron chi connectivity index (χ1n) is 5.14. The van der Waals surface area contributed by atoms with Crippen molar-refractivity contribution in [1.82, 2.24) is 14.5 Å². The number of aryl methyl sites for hydroxylation is 2. The summed E-state index contributed by atoms with van der Waals surface area (Å²) in [6.45, 7) is 5.40. The van der Waals surface area contributed by atoms with Crippen LogP contribution in [0.1, 0.15) is 25.6 Å². The molecule has 0 aliphatic carbocycles. The van der Waals surface area contributed by atoms with Crippen LogP contribution in [-0.2, 0) is 13.6 Å². The van der Waals surface area contributed by atoms with Gasteiger partial charge in [-0.3, -0.25) is 0 Å². The van der Waals surface area contributed by atoms with Gasteiger partial charge in [0, 0.05) is 6.92 Å². The molecule has 4 heteroatoms. The number of hydrogen-bond acceptors (Lipinski definition) is 1. The van der Waals surface area contributed by atoms with Gasteiger partial charge in [-0.15, -0.1) is 0 Å². The summed E-state index contributed by atoms with van der Waals surface area (Å²) in [6, 6.07) is 0. The van der Waals surface area contributed by atoms with E-state index in [-0.39, 0.29) is 0 Å². The van der Waals surface area contributed by atoms with E-state index < -0.39 is 0 Å². The van der Waals surface area contributed by atoms with Crippen LogP contribution < -0.4 is 4.57 Å². The summed E-state index contributed by atoms with van der Waals surface area (Å²) in [5.74, 6) is 1.26. The highest BCUT2D eigenvalue weighted by Gasteiger charge is 2.19. The summed E-state index contributed by atoms with van der Waals surface area (Å²) in [7, 11) is 2.07. The molecule has 14 heavy (non-hydrogen) atoms. The number of hydrogen-bond donors (Lipinski definition) is 1. The molecule has 0 bridgehead atoms. The van der Waals surface area contributed by atoms with Gasteiger partial charge in [0.15, 0.2) is 6.33 Å². The molecule has 0 radical (unpaired) electrons. The first-order valence-corrected chi connectivity index (χ1v) is 5.14. The fourth-order valence-corrected chi connectivity index (χ4v) is 1.80.